The number of aromatic nitrogens is 1. The maximum atomic E-state index is 2.50. The molecule has 6 aromatic carbocycles. The van der Waals surface area contributed by atoms with Crippen LogP contribution in [0.15, 0.2) is 140 Å². The number of benzene rings is 6. The van der Waals surface area contributed by atoms with E-state index in [0.29, 0.717) is 0 Å². The van der Waals surface area contributed by atoms with E-state index >= 15 is 0 Å². The van der Waals surface area contributed by atoms with Crippen LogP contribution in [-0.4, -0.2) is 4.40 Å². The SMILES string of the molecule is c1ccc(-c2cc(-c3ccccc3)n3c4ccc5ccccc5c4c4cc5ccccc5cc4c23)cc1. The first-order valence-electron chi connectivity index (χ1n) is 12.8. The summed E-state index contributed by atoms with van der Waals surface area (Å²) < 4.78 is 2.50. The molecule has 8 rings (SSSR count). The van der Waals surface area contributed by atoms with Crippen LogP contribution in [0.1, 0.15) is 0 Å². The van der Waals surface area contributed by atoms with Crippen molar-refractivity contribution in [3.05, 3.63) is 140 Å². The third-order valence-electron chi connectivity index (χ3n) is 7.71. The first kappa shape index (κ1) is 20.3. The predicted octanol–water partition coefficient (Wildman–Crippen LogP) is 9.89. The highest BCUT2D eigenvalue weighted by Crippen LogP contribution is 2.43. The molecule has 0 unspecified atom stereocenters. The minimum absolute atomic E-state index is 1.21. The van der Waals surface area contributed by atoms with Crippen molar-refractivity contribution in [3.8, 4) is 22.4 Å². The summed E-state index contributed by atoms with van der Waals surface area (Å²) in [5.41, 5.74) is 7.41. The summed E-state index contributed by atoms with van der Waals surface area (Å²) >= 11 is 0. The van der Waals surface area contributed by atoms with Crippen molar-refractivity contribution in [1.29, 1.82) is 0 Å². The largest absolute Gasteiger partial charge is 0.308 e. The van der Waals surface area contributed by atoms with E-state index in [0.717, 1.165) is 0 Å². The lowest BCUT2D eigenvalue weighted by molar-refractivity contribution is 1.29. The van der Waals surface area contributed by atoms with Crippen molar-refractivity contribution in [3.63, 3.8) is 0 Å². The quantitative estimate of drug-likeness (QED) is 0.175. The van der Waals surface area contributed by atoms with Crippen LogP contribution in [0.5, 0.6) is 0 Å². The van der Waals surface area contributed by atoms with E-state index < -0.39 is 0 Å². The molecular weight excluding hydrogens is 446 g/mol. The number of hydrogen-bond acceptors (Lipinski definition) is 0. The van der Waals surface area contributed by atoms with E-state index in [9.17, 15) is 0 Å². The van der Waals surface area contributed by atoms with Gasteiger partial charge < -0.3 is 4.40 Å². The maximum Gasteiger partial charge on any atom is 0.0620 e. The molecule has 0 aliphatic heterocycles. The van der Waals surface area contributed by atoms with Gasteiger partial charge in [-0.1, -0.05) is 115 Å². The lowest BCUT2D eigenvalue weighted by Gasteiger charge is -2.16. The van der Waals surface area contributed by atoms with Crippen molar-refractivity contribution >= 4 is 48.7 Å². The van der Waals surface area contributed by atoms with Gasteiger partial charge in [-0.3, -0.25) is 0 Å². The zero-order valence-corrected chi connectivity index (χ0v) is 20.2. The van der Waals surface area contributed by atoms with Gasteiger partial charge in [0.25, 0.3) is 0 Å². The van der Waals surface area contributed by atoms with Crippen LogP contribution in [0.2, 0.25) is 0 Å². The van der Waals surface area contributed by atoms with Gasteiger partial charge in [-0.25, -0.2) is 0 Å². The Morgan fingerprint density at radius 3 is 1.73 bits per heavy atom. The average molecular weight is 470 g/mol. The zero-order chi connectivity index (χ0) is 24.3. The van der Waals surface area contributed by atoms with E-state index in [-0.39, 0.29) is 0 Å². The summed E-state index contributed by atoms with van der Waals surface area (Å²) in [6.45, 7) is 0. The lowest BCUT2D eigenvalue weighted by atomic mass is 9.95. The summed E-state index contributed by atoms with van der Waals surface area (Å²) in [6, 6.07) is 50.8. The van der Waals surface area contributed by atoms with Gasteiger partial charge in [0, 0.05) is 16.3 Å². The molecule has 0 fully saturated rings. The standard InChI is InChI=1S/C36H23N/c1-3-11-24(12-4-1)30-23-34(26-14-5-2-6-15-26)37-33-20-19-25-13-9-10-18-29(25)35(33)31-21-27-16-7-8-17-28(27)22-32(31)36(30)37/h1-23H. The Balaban J connectivity index is 1.70. The van der Waals surface area contributed by atoms with Crippen molar-refractivity contribution in [2.45, 2.75) is 0 Å². The predicted molar refractivity (Wildman–Crippen MR) is 158 cm³/mol. The molecular formula is C36H23N. The molecule has 0 atom stereocenters. The molecule has 0 aliphatic rings. The highest BCUT2D eigenvalue weighted by molar-refractivity contribution is 6.26. The van der Waals surface area contributed by atoms with Crippen molar-refractivity contribution in [2.24, 2.45) is 0 Å². The molecule has 8 aromatic rings. The number of hydrogen-bond donors (Lipinski definition) is 0. The van der Waals surface area contributed by atoms with Gasteiger partial charge in [0.1, 0.15) is 0 Å². The van der Waals surface area contributed by atoms with Crippen LogP contribution in [0.4, 0.5) is 0 Å². The molecule has 0 saturated heterocycles. The monoisotopic (exact) mass is 469 g/mol. The minimum atomic E-state index is 1.21. The second-order valence-corrected chi connectivity index (χ2v) is 9.79. The number of nitrogens with zero attached hydrogens (tertiary/aromatic N) is 1. The second-order valence-electron chi connectivity index (χ2n) is 9.79. The smallest absolute Gasteiger partial charge is 0.0620 e. The highest BCUT2D eigenvalue weighted by atomic mass is 14.9. The van der Waals surface area contributed by atoms with Gasteiger partial charge in [0.05, 0.1) is 16.7 Å². The molecule has 0 aliphatic carbocycles. The Morgan fingerprint density at radius 1 is 0.405 bits per heavy atom. The number of rotatable bonds is 2. The Kier molecular flexibility index (Phi) is 4.29. The minimum Gasteiger partial charge on any atom is -0.308 e. The van der Waals surface area contributed by atoms with Crippen LogP contribution in [0.3, 0.4) is 0 Å². The lowest BCUT2D eigenvalue weighted by Crippen LogP contribution is -1.95. The van der Waals surface area contributed by atoms with Gasteiger partial charge in [-0.05, 0) is 62.3 Å². The fourth-order valence-electron chi connectivity index (χ4n) is 6.06. The van der Waals surface area contributed by atoms with Gasteiger partial charge in [-0.15, -0.1) is 0 Å². The molecule has 0 saturated carbocycles. The Morgan fingerprint density at radius 2 is 1.00 bits per heavy atom. The Bertz CT molecular complexity index is 2060. The van der Waals surface area contributed by atoms with Crippen molar-refractivity contribution in [2.75, 3.05) is 0 Å². The van der Waals surface area contributed by atoms with E-state index in [1.807, 2.05) is 0 Å². The van der Waals surface area contributed by atoms with Crippen LogP contribution in [0, 0.1) is 0 Å². The summed E-state index contributed by atoms with van der Waals surface area (Å²) in [7, 11) is 0. The summed E-state index contributed by atoms with van der Waals surface area (Å²) in [6.07, 6.45) is 0. The first-order chi connectivity index (χ1) is 18.4. The molecule has 2 heterocycles. The van der Waals surface area contributed by atoms with Gasteiger partial charge in [-0.2, -0.15) is 0 Å². The van der Waals surface area contributed by atoms with Gasteiger partial charge in [0.2, 0.25) is 0 Å². The normalized spacial score (nSPS) is 11.8. The van der Waals surface area contributed by atoms with Crippen molar-refractivity contribution < 1.29 is 0 Å². The summed E-state index contributed by atoms with van der Waals surface area (Å²) in [5.74, 6) is 0. The summed E-state index contributed by atoms with van der Waals surface area (Å²) in [5, 5.41) is 8.97. The van der Waals surface area contributed by atoms with Gasteiger partial charge >= 0.3 is 0 Å². The zero-order valence-electron chi connectivity index (χ0n) is 20.2. The maximum absolute atomic E-state index is 2.50. The fourth-order valence-corrected chi connectivity index (χ4v) is 6.06. The third kappa shape index (κ3) is 2.98. The second kappa shape index (κ2) is 7.81. The topological polar surface area (TPSA) is 4.41 Å². The third-order valence-corrected chi connectivity index (χ3v) is 7.71. The van der Waals surface area contributed by atoms with Crippen LogP contribution < -0.4 is 0 Å². The molecule has 0 bridgehead atoms. The van der Waals surface area contributed by atoms with Crippen molar-refractivity contribution in [1.82, 2.24) is 4.40 Å². The molecule has 0 amide bonds. The molecule has 1 heteroatoms. The molecule has 1 nitrogen and oxygen atoms in total. The van der Waals surface area contributed by atoms with E-state index in [2.05, 4.69) is 144 Å². The molecule has 0 N–H and O–H groups in total. The fraction of sp³-hybridized carbons (Fsp3) is 0. The molecule has 37 heavy (non-hydrogen) atoms. The van der Waals surface area contributed by atoms with Crippen LogP contribution in [0.25, 0.3) is 71.1 Å². The Hall–Kier alpha value is -4.88. The van der Waals surface area contributed by atoms with E-state index in [1.165, 1.54) is 71.1 Å². The van der Waals surface area contributed by atoms with Crippen LogP contribution >= 0.6 is 0 Å². The highest BCUT2D eigenvalue weighted by Gasteiger charge is 2.20. The van der Waals surface area contributed by atoms with E-state index in [4.69, 9.17) is 0 Å². The number of pyridine rings is 1. The molecule has 0 spiro atoms. The summed E-state index contributed by atoms with van der Waals surface area (Å²) in [4.78, 5) is 0. The molecule has 0 radical (unpaired) electrons. The first-order valence-corrected chi connectivity index (χ1v) is 12.8. The Labute approximate surface area is 214 Å². The van der Waals surface area contributed by atoms with Gasteiger partial charge in [0.15, 0.2) is 0 Å². The number of fused-ring (bicyclic) bond motifs is 9. The molecule has 2 aromatic heterocycles. The van der Waals surface area contributed by atoms with E-state index in [1.54, 1.807) is 0 Å². The average Bonchev–Trinajstić information content (AvgIpc) is 3.38. The molecule has 172 valence electrons. The van der Waals surface area contributed by atoms with Crippen LogP contribution in [-0.2, 0) is 0 Å².